The van der Waals surface area contributed by atoms with Gasteiger partial charge in [-0.25, -0.2) is 14.3 Å². The van der Waals surface area contributed by atoms with Crippen LogP contribution < -0.4 is 15.3 Å². The molecule has 2 atom stereocenters. The molecule has 1 aliphatic heterocycles. The van der Waals surface area contributed by atoms with Crippen molar-refractivity contribution < 1.29 is 9.53 Å². The average molecular weight is 637 g/mol. The summed E-state index contributed by atoms with van der Waals surface area (Å²) in [6, 6.07) is 15.3. The number of pyridine rings is 2. The molecule has 4 heterocycles. The summed E-state index contributed by atoms with van der Waals surface area (Å²) in [6.07, 6.45) is 3.10. The quantitative estimate of drug-likeness (QED) is 0.191. The van der Waals surface area contributed by atoms with Gasteiger partial charge in [0.25, 0.3) is 0 Å². The van der Waals surface area contributed by atoms with Gasteiger partial charge in [0.2, 0.25) is 5.91 Å². The third-order valence-electron chi connectivity index (χ3n) is 8.77. The maximum absolute atomic E-state index is 14.3. The second-order valence-electron chi connectivity index (χ2n) is 12.2. The predicted octanol–water partition coefficient (Wildman–Crippen LogP) is 6.70. The second-order valence-corrected chi connectivity index (χ2v) is 12.6. The molecule has 0 spiro atoms. The first-order valence-electron chi connectivity index (χ1n) is 15.4. The molecule has 46 heavy (non-hydrogen) atoms. The lowest BCUT2D eigenvalue weighted by Crippen LogP contribution is -2.58. The minimum Gasteiger partial charge on any atom is -0.497 e. The van der Waals surface area contributed by atoms with Crippen molar-refractivity contribution in [2.45, 2.75) is 52.6 Å². The molecule has 0 saturated carbocycles. The van der Waals surface area contributed by atoms with Crippen LogP contribution in [-0.4, -0.2) is 62.6 Å². The number of piperazine rings is 1. The normalized spacial score (nSPS) is 16.8. The fraction of sp³-hybridized carbons (Fsp3) is 0.306. The number of aromatic nitrogens is 4. The summed E-state index contributed by atoms with van der Waals surface area (Å²) in [5, 5.41) is 2.96. The number of ether oxygens (including phenoxy) is 1. The van der Waals surface area contributed by atoms with E-state index in [-0.39, 0.29) is 23.9 Å². The number of benzene rings is 2. The zero-order valence-electron chi connectivity index (χ0n) is 26.9. The highest BCUT2D eigenvalue weighted by Crippen LogP contribution is 2.39. The van der Waals surface area contributed by atoms with Gasteiger partial charge < -0.3 is 14.5 Å². The number of methoxy groups -OCH3 is 1. The molecule has 0 N–H and O–H groups in total. The van der Waals surface area contributed by atoms with Crippen LogP contribution in [0.25, 0.3) is 38.8 Å². The van der Waals surface area contributed by atoms with Gasteiger partial charge in [0.1, 0.15) is 11.6 Å². The number of aryl methyl sites for hydroxylation is 1. The smallest absolute Gasteiger partial charge is 0.355 e. The third kappa shape index (κ3) is 5.28. The van der Waals surface area contributed by atoms with Gasteiger partial charge in [-0.15, -0.1) is 0 Å². The summed E-state index contributed by atoms with van der Waals surface area (Å²) in [5.74, 6) is 1.05. The maximum Gasteiger partial charge on any atom is 0.355 e. The molecule has 2 aromatic carbocycles. The Morgan fingerprint density at radius 1 is 1.07 bits per heavy atom. The fourth-order valence-corrected chi connectivity index (χ4v) is 6.70. The first-order chi connectivity index (χ1) is 22.0. The zero-order chi connectivity index (χ0) is 32.9. The molecule has 5 aromatic rings. The van der Waals surface area contributed by atoms with Crippen molar-refractivity contribution in [2.75, 3.05) is 25.1 Å². The van der Waals surface area contributed by atoms with Crippen LogP contribution in [0.4, 0.5) is 5.82 Å². The van der Waals surface area contributed by atoms with Crippen LogP contribution in [0.1, 0.15) is 44.9 Å². The lowest BCUT2D eigenvalue weighted by molar-refractivity contribution is -0.128. The van der Waals surface area contributed by atoms with E-state index in [2.05, 4.69) is 16.5 Å². The Labute approximate surface area is 273 Å². The molecule has 1 saturated heterocycles. The van der Waals surface area contributed by atoms with Gasteiger partial charge in [-0.1, -0.05) is 56.3 Å². The highest BCUT2D eigenvalue weighted by Gasteiger charge is 2.34. The Hall–Kier alpha value is -4.76. The van der Waals surface area contributed by atoms with Gasteiger partial charge in [0, 0.05) is 36.9 Å². The maximum atomic E-state index is 14.3. The lowest BCUT2D eigenvalue weighted by atomic mass is 10.0. The van der Waals surface area contributed by atoms with Crippen molar-refractivity contribution in [1.82, 2.24) is 24.4 Å². The fourth-order valence-electron chi connectivity index (χ4n) is 6.44. The lowest BCUT2D eigenvalue weighted by Gasteiger charge is -2.44. The average Bonchev–Trinajstić information content (AvgIpc) is 3.04. The second kappa shape index (κ2) is 12.2. The standard InChI is InChI=1S/C36H37ClN6O3/c1-8-30(44)41-18-23(6)42(19-22(41)5)34-28-17-29(37)32(27-16-25(46-7)15-24-11-9-10-12-26(24)27)39-35(28)43(36(45)40-34)33-21(4)13-14-38-31(33)20(2)3/h8-17,20,22-23H,1,18-19H2,2-7H3. The number of anilines is 1. The molecule has 2 unspecified atom stereocenters. The van der Waals surface area contributed by atoms with Gasteiger partial charge in [0.15, 0.2) is 5.65 Å². The van der Waals surface area contributed by atoms with Crippen LogP contribution in [0.2, 0.25) is 5.02 Å². The van der Waals surface area contributed by atoms with Crippen molar-refractivity contribution in [3.05, 3.63) is 94.1 Å². The molecule has 9 nitrogen and oxygen atoms in total. The molecule has 3 aromatic heterocycles. The Bertz CT molecular complexity index is 2070. The molecule has 0 radical (unpaired) electrons. The first-order valence-corrected chi connectivity index (χ1v) is 15.8. The number of hydrogen-bond acceptors (Lipinski definition) is 7. The van der Waals surface area contributed by atoms with E-state index in [1.54, 1.807) is 22.8 Å². The molecule has 1 aliphatic rings. The molecule has 1 amide bonds. The Kier molecular flexibility index (Phi) is 8.29. The molecular weight excluding hydrogens is 600 g/mol. The topological polar surface area (TPSA) is 93.5 Å². The number of amides is 1. The van der Waals surface area contributed by atoms with E-state index >= 15 is 0 Å². The van der Waals surface area contributed by atoms with Crippen LogP contribution in [0.15, 0.2) is 72.2 Å². The summed E-state index contributed by atoms with van der Waals surface area (Å²) in [6.45, 7) is 14.6. The number of hydrogen-bond donors (Lipinski definition) is 0. The predicted molar refractivity (Wildman–Crippen MR) is 184 cm³/mol. The van der Waals surface area contributed by atoms with Crippen LogP contribution in [0, 0.1) is 6.92 Å². The summed E-state index contributed by atoms with van der Waals surface area (Å²) >= 11 is 7.13. The summed E-state index contributed by atoms with van der Waals surface area (Å²) < 4.78 is 7.22. The van der Waals surface area contributed by atoms with Crippen LogP contribution >= 0.6 is 11.6 Å². The molecule has 10 heteroatoms. The third-order valence-corrected chi connectivity index (χ3v) is 9.06. The van der Waals surface area contributed by atoms with Crippen LogP contribution in [0.5, 0.6) is 5.75 Å². The van der Waals surface area contributed by atoms with Crippen molar-refractivity contribution in [3.63, 3.8) is 0 Å². The first kappa shape index (κ1) is 31.2. The molecule has 1 fully saturated rings. The minimum atomic E-state index is -0.471. The van der Waals surface area contributed by atoms with Crippen LogP contribution in [-0.2, 0) is 4.79 Å². The largest absolute Gasteiger partial charge is 0.497 e. The SMILES string of the molecule is C=CC(=O)N1CC(C)N(c2nc(=O)n(-c3c(C)ccnc3C(C)C)c3nc(-c4cc(OC)cc5ccccc45)c(Cl)cc23)CC1C. The summed E-state index contributed by atoms with van der Waals surface area (Å²) in [7, 11) is 1.63. The minimum absolute atomic E-state index is 0.0296. The van der Waals surface area contributed by atoms with Gasteiger partial charge in [0.05, 0.1) is 34.6 Å². The number of carbonyl (C=O) groups is 1. The van der Waals surface area contributed by atoms with Gasteiger partial charge >= 0.3 is 5.69 Å². The number of nitrogens with zero attached hydrogens (tertiary/aromatic N) is 6. The van der Waals surface area contributed by atoms with Crippen molar-refractivity contribution in [2.24, 2.45) is 0 Å². The molecule has 6 rings (SSSR count). The highest BCUT2D eigenvalue weighted by molar-refractivity contribution is 6.34. The summed E-state index contributed by atoms with van der Waals surface area (Å²) in [5.41, 5.74) is 3.55. The molecule has 236 valence electrons. The summed E-state index contributed by atoms with van der Waals surface area (Å²) in [4.78, 5) is 45.3. The van der Waals surface area contributed by atoms with E-state index in [1.807, 2.05) is 83.1 Å². The number of carbonyl (C=O) groups excluding carboxylic acids is 1. The van der Waals surface area contributed by atoms with E-state index in [1.165, 1.54) is 6.08 Å². The number of halogens is 1. The van der Waals surface area contributed by atoms with E-state index in [0.717, 1.165) is 27.6 Å². The Morgan fingerprint density at radius 2 is 1.83 bits per heavy atom. The monoisotopic (exact) mass is 636 g/mol. The van der Waals surface area contributed by atoms with Crippen LogP contribution in [0.3, 0.4) is 0 Å². The molecular formula is C36H37ClN6O3. The van der Waals surface area contributed by atoms with Gasteiger partial charge in [-0.05, 0) is 73.4 Å². The highest BCUT2D eigenvalue weighted by atomic mass is 35.5. The van der Waals surface area contributed by atoms with E-state index in [4.69, 9.17) is 26.3 Å². The zero-order valence-corrected chi connectivity index (χ0v) is 27.7. The van der Waals surface area contributed by atoms with E-state index in [9.17, 15) is 9.59 Å². The van der Waals surface area contributed by atoms with E-state index < -0.39 is 5.69 Å². The van der Waals surface area contributed by atoms with Gasteiger partial charge in [-0.2, -0.15) is 4.98 Å². The van der Waals surface area contributed by atoms with E-state index in [0.29, 0.717) is 52.1 Å². The van der Waals surface area contributed by atoms with Crippen molar-refractivity contribution >= 4 is 45.1 Å². The number of rotatable bonds is 6. The van der Waals surface area contributed by atoms with Crippen molar-refractivity contribution in [3.8, 4) is 22.7 Å². The Morgan fingerprint density at radius 3 is 2.54 bits per heavy atom. The number of fused-ring (bicyclic) bond motifs is 2. The molecule has 0 aliphatic carbocycles. The van der Waals surface area contributed by atoms with Crippen molar-refractivity contribution in [1.29, 1.82) is 0 Å². The molecule has 0 bridgehead atoms. The van der Waals surface area contributed by atoms with Gasteiger partial charge in [-0.3, -0.25) is 9.78 Å². The Balaban J connectivity index is 1.68.